The summed E-state index contributed by atoms with van der Waals surface area (Å²) in [4.78, 5) is 34.7. The Bertz CT molecular complexity index is 477. The molecule has 0 aliphatic heterocycles. The Morgan fingerprint density at radius 2 is 1.85 bits per heavy atom. The number of nitrogens with two attached hydrogens (primary N) is 1. The van der Waals surface area contributed by atoms with Crippen LogP contribution < -0.4 is 11.1 Å². The Hall–Kier alpha value is -2.15. The van der Waals surface area contributed by atoms with Crippen LogP contribution in [0, 0.1) is 0 Å². The second-order valence-electron chi connectivity index (χ2n) is 6.10. The van der Waals surface area contributed by atoms with Gasteiger partial charge in [0.05, 0.1) is 0 Å². The molecular formula is C19H32N2O5. The number of nitrogens with one attached hydrogen (secondary N) is 1. The predicted octanol–water partition coefficient (Wildman–Crippen LogP) is 2.64. The van der Waals surface area contributed by atoms with Gasteiger partial charge in [0.25, 0.3) is 0 Å². The van der Waals surface area contributed by atoms with Crippen LogP contribution in [0.25, 0.3) is 0 Å². The van der Waals surface area contributed by atoms with E-state index in [-0.39, 0.29) is 18.0 Å². The molecule has 1 atom stereocenters. The first-order valence-electron chi connectivity index (χ1n) is 9.03. The Kier molecular flexibility index (Phi) is 13.9. The summed E-state index contributed by atoms with van der Waals surface area (Å²) >= 11 is 0. The zero-order valence-electron chi connectivity index (χ0n) is 15.8. The molecule has 0 saturated carbocycles. The summed E-state index contributed by atoms with van der Waals surface area (Å²) in [6.07, 6.45) is 5.14. The van der Waals surface area contributed by atoms with Gasteiger partial charge in [-0.2, -0.15) is 0 Å². The maximum Gasteiger partial charge on any atom is 0.407 e. The number of ether oxygens (including phenoxy) is 2. The van der Waals surface area contributed by atoms with E-state index in [2.05, 4.69) is 18.5 Å². The maximum atomic E-state index is 11.9. The van der Waals surface area contributed by atoms with Gasteiger partial charge in [0.1, 0.15) is 12.7 Å². The van der Waals surface area contributed by atoms with E-state index < -0.39 is 18.2 Å². The Morgan fingerprint density at radius 1 is 1.15 bits per heavy atom. The molecule has 1 unspecified atom stereocenters. The predicted molar refractivity (Wildman–Crippen MR) is 101 cm³/mol. The SMILES string of the molecule is C=CC(=O)CCCC(COC(=O)C(=C)C)OC(=O)NCCCCCCN. The van der Waals surface area contributed by atoms with Crippen LogP contribution in [-0.4, -0.2) is 43.6 Å². The van der Waals surface area contributed by atoms with Crippen LogP contribution in [-0.2, 0) is 19.1 Å². The molecule has 1 amide bonds. The monoisotopic (exact) mass is 368 g/mol. The Morgan fingerprint density at radius 3 is 2.46 bits per heavy atom. The minimum Gasteiger partial charge on any atom is -0.458 e. The van der Waals surface area contributed by atoms with Crippen LogP contribution in [0.15, 0.2) is 24.8 Å². The van der Waals surface area contributed by atoms with E-state index in [0.29, 0.717) is 32.4 Å². The minimum absolute atomic E-state index is 0.0715. The summed E-state index contributed by atoms with van der Waals surface area (Å²) in [5.41, 5.74) is 5.70. The van der Waals surface area contributed by atoms with Crippen molar-refractivity contribution in [1.82, 2.24) is 5.32 Å². The van der Waals surface area contributed by atoms with Gasteiger partial charge >= 0.3 is 12.1 Å². The van der Waals surface area contributed by atoms with E-state index in [9.17, 15) is 14.4 Å². The molecule has 0 saturated heterocycles. The summed E-state index contributed by atoms with van der Waals surface area (Å²) in [5.74, 6) is -0.620. The van der Waals surface area contributed by atoms with Gasteiger partial charge in [0.2, 0.25) is 0 Å². The number of ketones is 1. The van der Waals surface area contributed by atoms with E-state index in [1.165, 1.54) is 6.08 Å². The van der Waals surface area contributed by atoms with Crippen molar-refractivity contribution in [3.63, 3.8) is 0 Å². The largest absolute Gasteiger partial charge is 0.458 e. The highest BCUT2D eigenvalue weighted by atomic mass is 16.6. The first-order valence-corrected chi connectivity index (χ1v) is 9.03. The molecule has 0 aromatic rings. The van der Waals surface area contributed by atoms with Gasteiger partial charge in [-0.1, -0.05) is 26.0 Å². The molecule has 0 rings (SSSR count). The molecule has 0 aliphatic rings. The molecule has 7 nitrogen and oxygen atoms in total. The topological polar surface area (TPSA) is 108 Å². The number of amides is 1. The number of alkyl carbamates (subject to hydrolysis) is 1. The molecule has 0 bridgehead atoms. The second-order valence-corrected chi connectivity index (χ2v) is 6.10. The molecule has 0 spiro atoms. The molecule has 3 N–H and O–H groups in total. The van der Waals surface area contributed by atoms with E-state index >= 15 is 0 Å². The quantitative estimate of drug-likeness (QED) is 0.261. The van der Waals surface area contributed by atoms with Crippen molar-refractivity contribution in [1.29, 1.82) is 0 Å². The average molecular weight is 368 g/mol. The molecule has 148 valence electrons. The van der Waals surface area contributed by atoms with Crippen molar-refractivity contribution in [3.8, 4) is 0 Å². The number of hydrogen-bond acceptors (Lipinski definition) is 6. The molecule has 7 heteroatoms. The molecule has 0 heterocycles. The lowest BCUT2D eigenvalue weighted by Crippen LogP contribution is -2.32. The fraction of sp³-hybridized carbons (Fsp3) is 0.632. The standard InChI is InChI=1S/C19H32N2O5/c1-4-16(22)10-9-11-17(14-25-18(23)15(2)3)26-19(24)21-13-8-6-5-7-12-20/h4,17H,1-2,5-14,20H2,3H3,(H,21,24). The van der Waals surface area contributed by atoms with Crippen LogP contribution >= 0.6 is 0 Å². The number of unbranched alkanes of at least 4 members (excludes halogenated alkanes) is 3. The fourth-order valence-electron chi connectivity index (χ4n) is 2.08. The van der Waals surface area contributed by atoms with Crippen molar-refractivity contribution in [2.45, 2.75) is 58.0 Å². The van der Waals surface area contributed by atoms with E-state index in [1.54, 1.807) is 6.92 Å². The second kappa shape index (κ2) is 15.1. The summed E-state index contributed by atoms with van der Waals surface area (Å²) in [5, 5.41) is 2.68. The van der Waals surface area contributed by atoms with Gasteiger partial charge in [-0.3, -0.25) is 4.79 Å². The van der Waals surface area contributed by atoms with Crippen LogP contribution in [0.2, 0.25) is 0 Å². The normalized spacial score (nSPS) is 11.3. The fourth-order valence-corrected chi connectivity index (χ4v) is 2.08. The van der Waals surface area contributed by atoms with Crippen molar-refractivity contribution < 1.29 is 23.9 Å². The van der Waals surface area contributed by atoms with E-state index in [0.717, 1.165) is 25.7 Å². The zero-order valence-corrected chi connectivity index (χ0v) is 15.8. The smallest absolute Gasteiger partial charge is 0.407 e. The van der Waals surface area contributed by atoms with E-state index in [4.69, 9.17) is 15.2 Å². The van der Waals surface area contributed by atoms with Crippen molar-refractivity contribution in [2.24, 2.45) is 5.73 Å². The third-order valence-electron chi connectivity index (χ3n) is 3.60. The molecular weight excluding hydrogens is 336 g/mol. The zero-order chi connectivity index (χ0) is 19.8. The lowest BCUT2D eigenvalue weighted by Gasteiger charge is -2.18. The highest BCUT2D eigenvalue weighted by Crippen LogP contribution is 2.08. The van der Waals surface area contributed by atoms with E-state index in [1.807, 2.05) is 0 Å². The van der Waals surface area contributed by atoms with Gasteiger partial charge in [-0.05, 0) is 45.2 Å². The van der Waals surface area contributed by atoms with Gasteiger partial charge in [-0.15, -0.1) is 0 Å². The highest BCUT2D eigenvalue weighted by molar-refractivity contribution is 5.89. The lowest BCUT2D eigenvalue weighted by molar-refractivity contribution is -0.142. The minimum atomic E-state index is -0.617. The number of rotatable bonds is 15. The number of carbonyl (C=O) groups is 3. The van der Waals surface area contributed by atoms with Crippen molar-refractivity contribution >= 4 is 17.8 Å². The molecule has 0 aliphatic carbocycles. The summed E-state index contributed by atoms with van der Waals surface area (Å²) in [6.45, 7) is 9.57. The molecule has 26 heavy (non-hydrogen) atoms. The molecule has 0 aromatic carbocycles. The first-order chi connectivity index (χ1) is 12.4. The number of hydrogen-bond donors (Lipinski definition) is 2. The molecule has 0 aromatic heterocycles. The number of esters is 1. The van der Waals surface area contributed by atoms with Gasteiger partial charge in [-0.25, -0.2) is 9.59 Å². The van der Waals surface area contributed by atoms with Gasteiger partial charge in [0, 0.05) is 18.5 Å². The summed E-state index contributed by atoms with van der Waals surface area (Å²) < 4.78 is 10.4. The van der Waals surface area contributed by atoms with Gasteiger partial charge < -0.3 is 20.5 Å². The van der Waals surface area contributed by atoms with Crippen molar-refractivity contribution in [2.75, 3.05) is 19.7 Å². The summed E-state index contributed by atoms with van der Waals surface area (Å²) in [6, 6.07) is 0. The Balaban J connectivity index is 4.27. The van der Waals surface area contributed by atoms with Crippen LogP contribution in [0.1, 0.15) is 51.9 Å². The summed E-state index contributed by atoms with van der Waals surface area (Å²) in [7, 11) is 0. The Labute approximate surface area is 156 Å². The van der Waals surface area contributed by atoms with Crippen LogP contribution in [0.4, 0.5) is 4.79 Å². The highest BCUT2D eigenvalue weighted by Gasteiger charge is 2.17. The molecule has 0 fully saturated rings. The third-order valence-corrected chi connectivity index (χ3v) is 3.60. The number of allylic oxidation sites excluding steroid dienone is 1. The maximum absolute atomic E-state index is 11.9. The first kappa shape index (κ1) is 23.9. The average Bonchev–Trinajstić information content (AvgIpc) is 2.61. The number of carbonyl (C=O) groups excluding carboxylic acids is 3. The van der Waals surface area contributed by atoms with Gasteiger partial charge in [0.15, 0.2) is 5.78 Å². The van der Waals surface area contributed by atoms with Crippen molar-refractivity contribution in [3.05, 3.63) is 24.8 Å². The van der Waals surface area contributed by atoms with Crippen LogP contribution in [0.3, 0.4) is 0 Å². The van der Waals surface area contributed by atoms with Crippen LogP contribution in [0.5, 0.6) is 0 Å². The third kappa shape index (κ3) is 13.2. The lowest BCUT2D eigenvalue weighted by atomic mass is 10.1. The molecule has 0 radical (unpaired) electrons.